The van der Waals surface area contributed by atoms with Crippen molar-refractivity contribution in [2.45, 2.75) is 36.5 Å². The number of sulfonamides is 1. The van der Waals surface area contributed by atoms with E-state index in [0.29, 0.717) is 30.5 Å². The van der Waals surface area contributed by atoms with Gasteiger partial charge in [-0.25, -0.2) is 13.4 Å². The first-order chi connectivity index (χ1) is 15.1. The molecule has 0 aromatic carbocycles. The zero-order valence-electron chi connectivity index (χ0n) is 17.1. The second-order valence-corrected chi connectivity index (χ2v) is 9.83. The summed E-state index contributed by atoms with van der Waals surface area (Å²) in [4.78, 5) is 15.7. The van der Waals surface area contributed by atoms with E-state index < -0.39 is 10.0 Å². The van der Waals surface area contributed by atoms with E-state index in [1.54, 1.807) is 22.6 Å². The lowest BCUT2D eigenvalue weighted by Gasteiger charge is -2.31. The molecule has 0 bridgehead atoms. The van der Waals surface area contributed by atoms with Crippen LogP contribution in [0.3, 0.4) is 0 Å². The standard InChI is InChI=1S/C21H24N6O3S/c28-31(29,27-11-3-4-12-27)17-6-7-19(23-15-17)26-13-8-16(9-14-26)21-24-20(25-30-21)18-5-1-2-10-22-18/h1-2,5-7,10,15-16H,3-4,8-9,11-14H2. The summed E-state index contributed by atoms with van der Waals surface area (Å²) in [5, 5.41) is 4.07. The van der Waals surface area contributed by atoms with Crippen molar-refractivity contribution in [3.05, 3.63) is 48.6 Å². The number of hydrogen-bond donors (Lipinski definition) is 0. The zero-order chi connectivity index (χ0) is 21.3. The Hall–Kier alpha value is -2.85. The molecule has 0 N–H and O–H groups in total. The first-order valence-electron chi connectivity index (χ1n) is 10.6. The quantitative estimate of drug-likeness (QED) is 0.596. The molecule has 3 aromatic heterocycles. The van der Waals surface area contributed by atoms with E-state index >= 15 is 0 Å². The fourth-order valence-electron chi connectivity index (χ4n) is 4.15. The lowest BCUT2D eigenvalue weighted by molar-refractivity contribution is 0.329. The van der Waals surface area contributed by atoms with Crippen molar-refractivity contribution in [2.24, 2.45) is 0 Å². The highest BCUT2D eigenvalue weighted by molar-refractivity contribution is 7.89. The maximum Gasteiger partial charge on any atom is 0.244 e. The fourth-order valence-corrected chi connectivity index (χ4v) is 5.61. The number of hydrogen-bond acceptors (Lipinski definition) is 8. The maximum atomic E-state index is 12.7. The van der Waals surface area contributed by atoms with E-state index in [9.17, 15) is 8.42 Å². The van der Waals surface area contributed by atoms with Crippen molar-refractivity contribution in [1.29, 1.82) is 0 Å². The van der Waals surface area contributed by atoms with Crippen LogP contribution < -0.4 is 4.90 Å². The Kier molecular flexibility index (Phi) is 5.41. The molecule has 0 unspecified atom stereocenters. The molecule has 0 spiro atoms. The van der Waals surface area contributed by atoms with E-state index in [0.717, 1.165) is 44.6 Å². The summed E-state index contributed by atoms with van der Waals surface area (Å²) < 4.78 is 32.4. The summed E-state index contributed by atoms with van der Waals surface area (Å²) in [5.74, 6) is 2.13. The smallest absolute Gasteiger partial charge is 0.244 e. The van der Waals surface area contributed by atoms with E-state index in [1.807, 2.05) is 18.2 Å². The Bertz CT molecular complexity index is 1120. The van der Waals surface area contributed by atoms with Crippen molar-refractivity contribution in [2.75, 3.05) is 31.1 Å². The van der Waals surface area contributed by atoms with Crippen LogP contribution in [0.15, 0.2) is 52.1 Å². The second-order valence-electron chi connectivity index (χ2n) is 7.90. The van der Waals surface area contributed by atoms with Gasteiger partial charge in [-0.15, -0.1) is 0 Å². The molecule has 2 saturated heterocycles. The summed E-state index contributed by atoms with van der Waals surface area (Å²) in [6, 6.07) is 9.07. The van der Waals surface area contributed by atoms with E-state index in [2.05, 4.69) is 25.0 Å². The third kappa shape index (κ3) is 4.05. The van der Waals surface area contributed by atoms with Crippen LogP contribution in [0.5, 0.6) is 0 Å². The SMILES string of the molecule is O=S(=O)(c1ccc(N2CCC(c3nc(-c4ccccn4)no3)CC2)nc1)N1CCCC1. The Balaban J connectivity index is 1.22. The van der Waals surface area contributed by atoms with Crippen LogP contribution in [0.4, 0.5) is 5.82 Å². The van der Waals surface area contributed by atoms with Crippen LogP contribution >= 0.6 is 0 Å². The summed E-state index contributed by atoms with van der Waals surface area (Å²) >= 11 is 0. The molecule has 10 heteroatoms. The largest absolute Gasteiger partial charge is 0.357 e. The predicted octanol–water partition coefficient (Wildman–Crippen LogP) is 2.70. The Morgan fingerprint density at radius 1 is 0.968 bits per heavy atom. The van der Waals surface area contributed by atoms with Crippen LogP contribution in [0.25, 0.3) is 11.5 Å². The van der Waals surface area contributed by atoms with Gasteiger partial charge in [0.2, 0.25) is 21.7 Å². The van der Waals surface area contributed by atoms with Gasteiger partial charge in [-0.05, 0) is 49.9 Å². The minimum atomic E-state index is -3.43. The molecule has 0 aliphatic carbocycles. The first kappa shape index (κ1) is 20.1. The molecule has 5 heterocycles. The number of nitrogens with zero attached hydrogens (tertiary/aromatic N) is 6. The molecule has 9 nitrogen and oxygen atoms in total. The highest BCUT2D eigenvalue weighted by Crippen LogP contribution is 2.30. The normalized spacial score (nSPS) is 18.5. The Morgan fingerprint density at radius 2 is 1.77 bits per heavy atom. The highest BCUT2D eigenvalue weighted by atomic mass is 32.2. The van der Waals surface area contributed by atoms with Gasteiger partial charge >= 0.3 is 0 Å². The minimum Gasteiger partial charge on any atom is -0.357 e. The molecule has 0 saturated carbocycles. The average Bonchev–Trinajstić information content (AvgIpc) is 3.53. The van der Waals surface area contributed by atoms with Crippen LogP contribution in [-0.2, 0) is 10.0 Å². The molecule has 0 atom stereocenters. The van der Waals surface area contributed by atoms with Gasteiger partial charge in [-0.3, -0.25) is 4.98 Å². The summed E-state index contributed by atoms with van der Waals surface area (Å²) in [5.41, 5.74) is 0.697. The fraction of sp³-hybridized carbons (Fsp3) is 0.429. The number of aromatic nitrogens is 4. The minimum absolute atomic E-state index is 0.191. The van der Waals surface area contributed by atoms with Gasteiger partial charge in [0, 0.05) is 44.5 Å². The molecule has 2 fully saturated rings. The van der Waals surface area contributed by atoms with Crippen molar-refractivity contribution in [3.8, 4) is 11.5 Å². The predicted molar refractivity (Wildman–Crippen MR) is 114 cm³/mol. The molecular weight excluding hydrogens is 416 g/mol. The molecule has 2 aliphatic rings. The highest BCUT2D eigenvalue weighted by Gasteiger charge is 2.29. The van der Waals surface area contributed by atoms with Crippen LogP contribution in [0.1, 0.15) is 37.5 Å². The van der Waals surface area contributed by atoms with Gasteiger partial charge in [0.15, 0.2) is 0 Å². The van der Waals surface area contributed by atoms with Crippen molar-refractivity contribution >= 4 is 15.8 Å². The summed E-state index contributed by atoms with van der Waals surface area (Å²) in [7, 11) is -3.43. The van der Waals surface area contributed by atoms with Crippen LogP contribution in [0.2, 0.25) is 0 Å². The summed E-state index contributed by atoms with van der Waals surface area (Å²) in [6.07, 6.45) is 6.75. The number of anilines is 1. The molecule has 0 radical (unpaired) electrons. The molecule has 0 amide bonds. The zero-order valence-corrected chi connectivity index (χ0v) is 17.9. The Labute approximate surface area is 181 Å². The van der Waals surface area contributed by atoms with Crippen molar-refractivity contribution in [1.82, 2.24) is 24.4 Å². The molecule has 2 aliphatic heterocycles. The van der Waals surface area contributed by atoms with E-state index in [-0.39, 0.29) is 10.8 Å². The van der Waals surface area contributed by atoms with Crippen LogP contribution in [0, 0.1) is 0 Å². The lowest BCUT2D eigenvalue weighted by Crippen LogP contribution is -2.33. The van der Waals surface area contributed by atoms with Crippen LogP contribution in [-0.4, -0.2) is 59.0 Å². The summed E-state index contributed by atoms with van der Waals surface area (Å²) in [6.45, 7) is 2.76. The molecular formula is C21H24N6O3S. The monoisotopic (exact) mass is 440 g/mol. The van der Waals surface area contributed by atoms with Crippen molar-refractivity contribution < 1.29 is 12.9 Å². The van der Waals surface area contributed by atoms with Gasteiger partial charge in [0.05, 0.1) is 0 Å². The van der Waals surface area contributed by atoms with Gasteiger partial charge in [0.1, 0.15) is 16.4 Å². The molecule has 5 rings (SSSR count). The van der Waals surface area contributed by atoms with Gasteiger partial charge in [-0.2, -0.15) is 9.29 Å². The van der Waals surface area contributed by atoms with Gasteiger partial charge < -0.3 is 9.42 Å². The van der Waals surface area contributed by atoms with Gasteiger partial charge in [-0.1, -0.05) is 11.2 Å². The third-order valence-corrected chi connectivity index (χ3v) is 7.81. The number of pyridine rings is 2. The Morgan fingerprint density at radius 3 is 2.45 bits per heavy atom. The van der Waals surface area contributed by atoms with Crippen molar-refractivity contribution in [3.63, 3.8) is 0 Å². The third-order valence-electron chi connectivity index (χ3n) is 5.93. The van der Waals surface area contributed by atoms with E-state index in [4.69, 9.17) is 4.52 Å². The maximum absolute atomic E-state index is 12.7. The molecule has 3 aromatic rings. The molecule has 31 heavy (non-hydrogen) atoms. The number of rotatable bonds is 5. The average molecular weight is 441 g/mol. The van der Waals surface area contributed by atoms with E-state index in [1.165, 1.54) is 6.20 Å². The topological polar surface area (TPSA) is 105 Å². The second kappa shape index (κ2) is 8.35. The van der Waals surface area contributed by atoms with Gasteiger partial charge in [0.25, 0.3) is 0 Å². The first-order valence-corrected chi connectivity index (χ1v) is 12.0. The molecule has 162 valence electrons. The number of piperidine rings is 1. The lowest BCUT2D eigenvalue weighted by atomic mass is 9.97.